The molecule has 0 fully saturated rings. The smallest absolute Gasteiger partial charge is 0.159 e. The Balaban J connectivity index is 2.20. The van der Waals surface area contributed by atoms with E-state index in [2.05, 4.69) is 10.6 Å². The minimum atomic E-state index is -0.775. The van der Waals surface area contributed by atoms with E-state index in [1.807, 2.05) is 25.7 Å². The van der Waals surface area contributed by atoms with Crippen LogP contribution in [0.2, 0.25) is 0 Å². The van der Waals surface area contributed by atoms with Crippen molar-refractivity contribution in [1.29, 1.82) is 0 Å². The van der Waals surface area contributed by atoms with Crippen LogP contribution in [0.3, 0.4) is 0 Å². The van der Waals surface area contributed by atoms with Crippen LogP contribution < -0.4 is 10.6 Å². The number of fused-ring (bicyclic) bond motifs is 2. The maximum Gasteiger partial charge on any atom is 0.159 e. The van der Waals surface area contributed by atoms with Gasteiger partial charge in [-0.2, -0.15) is 11.8 Å². The van der Waals surface area contributed by atoms with Gasteiger partial charge in [0.2, 0.25) is 0 Å². The lowest BCUT2D eigenvalue weighted by molar-refractivity contribution is 0.501. The number of benzene rings is 1. The molecular formula is C14H16F2N2S. The van der Waals surface area contributed by atoms with Crippen LogP contribution in [-0.4, -0.2) is 24.6 Å². The molecule has 0 spiro atoms. The highest BCUT2D eigenvalue weighted by molar-refractivity contribution is 7.99. The molecule has 3 rings (SSSR count). The number of halogens is 2. The lowest BCUT2D eigenvalue weighted by atomic mass is 9.86. The third kappa shape index (κ3) is 2.05. The summed E-state index contributed by atoms with van der Waals surface area (Å²) in [6, 6.07) is 2.86. The second-order valence-electron chi connectivity index (χ2n) is 4.97. The van der Waals surface area contributed by atoms with Crippen LogP contribution in [0, 0.1) is 11.6 Å². The number of thioether (sulfide) groups is 1. The van der Waals surface area contributed by atoms with Crippen LogP contribution in [0.5, 0.6) is 0 Å². The number of nitrogens with one attached hydrogen (secondary N) is 2. The SMILES string of the molecule is CNC1CSCC2=C1c1cc(F)c(F)cc1[C@@H](C)N2. The minimum absolute atomic E-state index is 0.0139. The summed E-state index contributed by atoms with van der Waals surface area (Å²) in [5.74, 6) is 0.301. The van der Waals surface area contributed by atoms with E-state index in [4.69, 9.17) is 0 Å². The monoisotopic (exact) mass is 282 g/mol. The van der Waals surface area contributed by atoms with Crippen molar-refractivity contribution in [2.45, 2.75) is 19.0 Å². The molecule has 5 heteroatoms. The molecule has 102 valence electrons. The Morgan fingerprint density at radius 2 is 2.05 bits per heavy atom. The van der Waals surface area contributed by atoms with E-state index in [1.54, 1.807) is 0 Å². The lowest BCUT2D eigenvalue weighted by Crippen LogP contribution is -2.39. The van der Waals surface area contributed by atoms with E-state index in [9.17, 15) is 8.78 Å². The Hall–Kier alpha value is -1.07. The highest BCUT2D eigenvalue weighted by Gasteiger charge is 2.31. The van der Waals surface area contributed by atoms with Crippen LogP contribution in [0.1, 0.15) is 24.1 Å². The third-order valence-electron chi connectivity index (χ3n) is 3.79. The van der Waals surface area contributed by atoms with Crippen molar-refractivity contribution < 1.29 is 8.78 Å². The highest BCUT2D eigenvalue weighted by atomic mass is 32.2. The number of hydrogen-bond donors (Lipinski definition) is 2. The number of likely N-dealkylation sites (N-methyl/N-ethyl adjacent to an activating group) is 1. The van der Waals surface area contributed by atoms with Gasteiger partial charge in [-0.05, 0) is 42.8 Å². The van der Waals surface area contributed by atoms with Crippen LogP contribution in [0.4, 0.5) is 8.78 Å². The first-order chi connectivity index (χ1) is 9.11. The molecule has 1 aromatic carbocycles. The average Bonchev–Trinajstić information content (AvgIpc) is 2.40. The number of hydrogen-bond acceptors (Lipinski definition) is 3. The molecule has 0 aromatic heterocycles. The fourth-order valence-electron chi connectivity index (χ4n) is 2.84. The predicted octanol–water partition coefficient (Wildman–Crippen LogP) is 2.67. The van der Waals surface area contributed by atoms with Gasteiger partial charge in [0, 0.05) is 29.3 Å². The van der Waals surface area contributed by atoms with E-state index in [0.29, 0.717) is 0 Å². The summed E-state index contributed by atoms with van der Waals surface area (Å²) in [6.07, 6.45) is 0. The molecule has 0 saturated carbocycles. The second-order valence-corrected chi connectivity index (χ2v) is 6.00. The van der Waals surface area contributed by atoms with E-state index in [1.165, 1.54) is 12.1 Å². The van der Waals surface area contributed by atoms with Crippen molar-refractivity contribution in [1.82, 2.24) is 10.6 Å². The van der Waals surface area contributed by atoms with Crippen molar-refractivity contribution >= 4 is 17.3 Å². The molecule has 0 radical (unpaired) electrons. The van der Waals surface area contributed by atoms with E-state index < -0.39 is 11.6 Å². The maximum atomic E-state index is 13.6. The van der Waals surface area contributed by atoms with Gasteiger partial charge in [0.05, 0.1) is 0 Å². The van der Waals surface area contributed by atoms with Crippen molar-refractivity contribution in [2.24, 2.45) is 0 Å². The zero-order valence-corrected chi connectivity index (χ0v) is 11.7. The molecule has 0 aliphatic carbocycles. The zero-order valence-electron chi connectivity index (χ0n) is 10.9. The topological polar surface area (TPSA) is 24.1 Å². The normalized spacial score (nSPS) is 25.7. The Morgan fingerprint density at radius 3 is 2.79 bits per heavy atom. The van der Waals surface area contributed by atoms with Gasteiger partial charge in [-0.15, -0.1) is 0 Å². The second kappa shape index (κ2) is 4.80. The van der Waals surface area contributed by atoms with Gasteiger partial charge in [0.15, 0.2) is 11.6 Å². The Labute approximate surface area is 115 Å². The van der Waals surface area contributed by atoms with E-state index in [-0.39, 0.29) is 12.1 Å². The standard InChI is InChI=1S/C14H16F2N2S/c1-7-8-3-10(15)11(16)4-9(8)14-12(17-2)5-19-6-13(14)18-7/h3-4,7,12,17-18H,5-6H2,1-2H3/t7-,12?/m1/s1. The van der Waals surface area contributed by atoms with Crippen molar-refractivity contribution in [2.75, 3.05) is 18.6 Å². The quantitative estimate of drug-likeness (QED) is 0.828. The molecule has 2 aliphatic rings. The molecule has 2 N–H and O–H groups in total. The van der Waals surface area contributed by atoms with Gasteiger partial charge in [-0.25, -0.2) is 8.78 Å². The fraction of sp³-hybridized carbons (Fsp3) is 0.429. The molecule has 19 heavy (non-hydrogen) atoms. The van der Waals surface area contributed by atoms with Crippen LogP contribution in [0.15, 0.2) is 17.8 Å². The first kappa shape index (κ1) is 12.9. The van der Waals surface area contributed by atoms with Crippen LogP contribution in [-0.2, 0) is 0 Å². The van der Waals surface area contributed by atoms with Crippen LogP contribution in [0.25, 0.3) is 5.57 Å². The first-order valence-corrected chi connectivity index (χ1v) is 7.51. The van der Waals surface area contributed by atoms with Crippen molar-refractivity contribution in [3.05, 3.63) is 40.6 Å². The molecule has 1 aromatic rings. The summed E-state index contributed by atoms with van der Waals surface area (Å²) < 4.78 is 27.0. The van der Waals surface area contributed by atoms with Gasteiger partial charge in [-0.1, -0.05) is 0 Å². The van der Waals surface area contributed by atoms with Gasteiger partial charge < -0.3 is 10.6 Å². The molecule has 0 bridgehead atoms. The summed E-state index contributed by atoms with van der Waals surface area (Å²) in [6.45, 7) is 1.98. The van der Waals surface area contributed by atoms with Crippen molar-refractivity contribution in [3.63, 3.8) is 0 Å². The zero-order chi connectivity index (χ0) is 13.6. The number of rotatable bonds is 1. The summed E-state index contributed by atoms with van der Waals surface area (Å²) in [5.41, 5.74) is 3.92. The summed E-state index contributed by atoms with van der Waals surface area (Å²) >= 11 is 1.85. The van der Waals surface area contributed by atoms with Gasteiger partial charge in [0.1, 0.15) is 0 Å². The first-order valence-electron chi connectivity index (χ1n) is 6.35. The van der Waals surface area contributed by atoms with Gasteiger partial charge >= 0.3 is 0 Å². The molecule has 1 unspecified atom stereocenters. The Bertz CT molecular complexity index is 557. The molecule has 2 heterocycles. The molecule has 0 amide bonds. The average molecular weight is 282 g/mol. The van der Waals surface area contributed by atoms with Gasteiger partial charge in [0.25, 0.3) is 0 Å². The highest BCUT2D eigenvalue weighted by Crippen LogP contribution is 2.39. The van der Waals surface area contributed by atoms with Gasteiger partial charge in [-0.3, -0.25) is 0 Å². The minimum Gasteiger partial charge on any atom is -0.381 e. The van der Waals surface area contributed by atoms with Crippen molar-refractivity contribution in [3.8, 4) is 0 Å². The van der Waals surface area contributed by atoms with E-state index in [0.717, 1.165) is 33.9 Å². The molecule has 0 saturated heterocycles. The molecular weight excluding hydrogens is 266 g/mol. The summed E-state index contributed by atoms with van der Waals surface area (Å²) in [5, 5.41) is 6.67. The maximum absolute atomic E-state index is 13.6. The third-order valence-corrected chi connectivity index (χ3v) is 4.85. The van der Waals surface area contributed by atoms with E-state index >= 15 is 0 Å². The lowest BCUT2D eigenvalue weighted by Gasteiger charge is -2.36. The molecule has 2 aliphatic heterocycles. The molecule has 2 nitrogen and oxygen atoms in total. The van der Waals surface area contributed by atoms with Crippen LogP contribution >= 0.6 is 11.8 Å². The Morgan fingerprint density at radius 1 is 1.32 bits per heavy atom. The summed E-state index contributed by atoms with van der Waals surface area (Å²) in [4.78, 5) is 0. The largest absolute Gasteiger partial charge is 0.381 e. The summed E-state index contributed by atoms with van der Waals surface area (Å²) in [7, 11) is 1.90. The predicted molar refractivity (Wildman–Crippen MR) is 75.0 cm³/mol. The Kier molecular flexibility index (Phi) is 3.27. The fourth-order valence-corrected chi connectivity index (χ4v) is 3.97. The molecule has 2 atom stereocenters.